The Bertz CT molecular complexity index is 482. The summed E-state index contributed by atoms with van der Waals surface area (Å²) in [6, 6.07) is 5.64. The van der Waals surface area contributed by atoms with E-state index >= 15 is 0 Å². The highest BCUT2D eigenvalue weighted by Gasteiger charge is 2.02. The van der Waals surface area contributed by atoms with Gasteiger partial charge in [0.25, 0.3) is 0 Å². The van der Waals surface area contributed by atoms with Crippen LogP contribution in [0.2, 0.25) is 0 Å². The number of pyridine rings is 1. The predicted molar refractivity (Wildman–Crippen MR) is 62.7 cm³/mol. The van der Waals surface area contributed by atoms with Crippen LogP contribution < -0.4 is 10.5 Å². The Hall–Kier alpha value is -1.95. The van der Waals surface area contributed by atoms with Gasteiger partial charge in [-0.1, -0.05) is 11.3 Å². The van der Waals surface area contributed by atoms with Gasteiger partial charge in [0.05, 0.1) is 25.0 Å². The van der Waals surface area contributed by atoms with Crippen LogP contribution in [0.25, 0.3) is 0 Å². The lowest BCUT2D eigenvalue weighted by atomic mass is 10.3. The first-order valence-electron chi connectivity index (χ1n) is 5.41. The molecule has 0 atom stereocenters. The molecule has 2 N–H and O–H groups in total. The molecule has 6 nitrogen and oxygen atoms in total. The highest BCUT2D eigenvalue weighted by molar-refractivity contribution is 5.15. The average molecular weight is 233 g/mol. The Morgan fingerprint density at radius 2 is 2.24 bits per heavy atom. The lowest BCUT2D eigenvalue weighted by molar-refractivity contribution is 0.395. The predicted octanol–water partition coefficient (Wildman–Crippen LogP) is 0.231. The Morgan fingerprint density at radius 3 is 3.00 bits per heavy atom. The van der Waals surface area contributed by atoms with Crippen molar-refractivity contribution in [3.63, 3.8) is 0 Å². The Kier molecular flexibility index (Phi) is 3.66. The molecule has 0 fully saturated rings. The summed E-state index contributed by atoms with van der Waals surface area (Å²) < 4.78 is 6.81. The maximum Gasteiger partial charge on any atom is 0.213 e. The van der Waals surface area contributed by atoms with Crippen LogP contribution in [0.4, 0.5) is 0 Å². The van der Waals surface area contributed by atoms with E-state index in [1.54, 1.807) is 11.8 Å². The van der Waals surface area contributed by atoms with E-state index in [9.17, 15) is 0 Å². The van der Waals surface area contributed by atoms with Crippen molar-refractivity contribution >= 4 is 0 Å². The SMILES string of the molecule is COc1cccc(Cn2cc(CCN)nn2)n1. The third-order valence-corrected chi connectivity index (χ3v) is 2.30. The van der Waals surface area contributed by atoms with E-state index in [1.165, 1.54) is 0 Å². The van der Waals surface area contributed by atoms with Crippen molar-refractivity contribution in [3.8, 4) is 5.88 Å². The molecule has 2 aromatic heterocycles. The topological polar surface area (TPSA) is 78.9 Å². The van der Waals surface area contributed by atoms with Crippen molar-refractivity contribution in [2.24, 2.45) is 5.73 Å². The Morgan fingerprint density at radius 1 is 1.35 bits per heavy atom. The minimum atomic E-state index is 0.578. The summed E-state index contributed by atoms with van der Waals surface area (Å²) in [4.78, 5) is 4.31. The third-order valence-electron chi connectivity index (χ3n) is 2.30. The second kappa shape index (κ2) is 5.40. The van der Waals surface area contributed by atoms with Crippen LogP contribution in [0.1, 0.15) is 11.4 Å². The van der Waals surface area contributed by atoms with Crippen LogP contribution in [0, 0.1) is 0 Å². The summed E-state index contributed by atoms with van der Waals surface area (Å²) in [6.07, 6.45) is 2.62. The largest absolute Gasteiger partial charge is 0.481 e. The molecule has 0 radical (unpaired) electrons. The molecule has 0 aliphatic rings. The molecule has 0 amide bonds. The minimum absolute atomic E-state index is 0.578. The zero-order chi connectivity index (χ0) is 12.1. The van der Waals surface area contributed by atoms with Gasteiger partial charge in [-0.2, -0.15) is 0 Å². The molecule has 0 aliphatic carbocycles. The van der Waals surface area contributed by atoms with E-state index in [0.29, 0.717) is 19.0 Å². The van der Waals surface area contributed by atoms with Crippen molar-refractivity contribution < 1.29 is 4.74 Å². The van der Waals surface area contributed by atoms with Gasteiger partial charge < -0.3 is 10.5 Å². The fourth-order valence-electron chi connectivity index (χ4n) is 1.50. The highest BCUT2D eigenvalue weighted by Crippen LogP contribution is 2.07. The van der Waals surface area contributed by atoms with Crippen LogP contribution in [0.15, 0.2) is 24.4 Å². The summed E-state index contributed by atoms with van der Waals surface area (Å²) in [5.41, 5.74) is 7.24. The van der Waals surface area contributed by atoms with Gasteiger partial charge in [-0.3, -0.25) is 0 Å². The number of aromatic nitrogens is 4. The number of hydrogen-bond donors (Lipinski definition) is 1. The average Bonchev–Trinajstić information content (AvgIpc) is 2.77. The molecule has 2 aromatic rings. The third kappa shape index (κ3) is 3.01. The quantitative estimate of drug-likeness (QED) is 0.799. The van der Waals surface area contributed by atoms with Gasteiger partial charge in [0, 0.05) is 18.7 Å². The molecule has 6 heteroatoms. The maximum absolute atomic E-state index is 5.45. The molecule has 17 heavy (non-hydrogen) atoms. The van der Waals surface area contributed by atoms with E-state index < -0.39 is 0 Å². The van der Waals surface area contributed by atoms with E-state index in [2.05, 4.69) is 15.3 Å². The standard InChI is InChI=1S/C11H15N5O/c1-17-11-4-2-3-9(13-11)7-16-8-10(5-6-12)14-15-16/h2-4,8H,5-7,12H2,1H3. The molecule has 0 spiro atoms. The summed E-state index contributed by atoms with van der Waals surface area (Å²) in [7, 11) is 1.60. The van der Waals surface area contributed by atoms with Gasteiger partial charge in [-0.15, -0.1) is 5.10 Å². The second-order valence-electron chi connectivity index (χ2n) is 3.62. The lowest BCUT2D eigenvalue weighted by Gasteiger charge is -2.02. The first-order chi connectivity index (χ1) is 8.31. The van der Waals surface area contributed by atoms with Crippen LogP contribution in [-0.2, 0) is 13.0 Å². The smallest absolute Gasteiger partial charge is 0.213 e. The number of ether oxygens (including phenoxy) is 1. The van der Waals surface area contributed by atoms with Crippen molar-refractivity contribution in [2.75, 3.05) is 13.7 Å². The van der Waals surface area contributed by atoms with Gasteiger partial charge in [-0.25, -0.2) is 9.67 Å². The van der Waals surface area contributed by atoms with Gasteiger partial charge in [0.2, 0.25) is 5.88 Å². The molecule has 0 aromatic carbocycles. The zero-order valence-electron chi connectivity index (χ0n) is 9.71. The molecular formula is C11H15N5O. The van der Waals surface area contributed by atoms with E-state index in [-0.39, 0.29) is 0 Å². The first kappa shape index (κ1) is 11.5. The van der Waals surface area contributed by atoms with Gasteiger partial charge in [0.15, 0.2) is 0 Å². The van der Waals surface area contributed by atoms with Crippen molar-refractivity contribution in [2.45, 2.75) is 13.0 Å². The molecule has 90 valence electrons. The summed E-state index contributed by atoms with van der Waals surface area (Å²) in [6.45, 7) is 1.16. The van der Waals surface area contributed by atoms with E-state index in [4.69, 9.17) is 10.5 Å². The molecule has 0 unspecified atom stereocenters. The number of methoxy groups -OCH3 is 1. The monoisotopic (exact) mass is 233 g/mol. The van der Waals surface area contributed by atoms with Gasteiger partial charge in [0.1, 0.15) is 0 Å². The Balaban J connectivity index is 2.08. The molecule has 0 aliphatic heterocycles. The van der Waals surface area contributed by atoms with Crippen molar-refractivity contribution in [3.05, 3.63) is 35.8 Å². The number of nitrogens with zero attached hydrogens (tertiary/aromatic N) is 4. The zero-order valence-corrected chi connectivity index (χ0v) is 9.71. The van der Waals surface area contributed by atoms with Crippen molar-refractivity contribution in [1.82, 2.24) is 20.0 Å². The van der Waals surface area contributed by atoms with Crippen LogP contribution >= 0.6 is 0 Å². The van der Waals surface area contributed by atoms with Gasteiger partial charge >= 0.3 is 0 Å². The summed E-state index contributed by atoms with van der Waals surface area (Å²) in [5, 5.41) is 8.03. The van der Waals surface area contributed by atoms with E-state index in [1.807, 2.05) is 24.4 Å². The minimum Gasteiger partial charge on any atom is -0.481 e. The lowest BCUT2D eigenvalue weighted by Crippen LogP contribution is -2.03. The summed E-state index contributed by atoms with van der Waals surface area (Å²) in [5.74, 6) is 0.602. The van der Waals surface area contributed by atoms with Gasteiger partial charge in [-0.05, 0) is 12.6 Å². The molecule has 0 saturated carbocycles. The molecule has 0 bridgehead atoms. The van der Waals surface area contributed by atoms with Crippen LogP contribution in [0.3, 0.4) is 0 Å². The first-order valence-corrected chi connectivity index (χ1v) is 5.41. The fraction of sp³-hybridized carbons (Fsp3) is 0.364. The van der Waals surface area contributed by atoms with Crippen molar-refractivity contribution in [1.29, 1.82) is 0 Å². The highest BCUT2D eigenvalue weighted by atomic mass is 16.5. The Labute approximate surface area is 99.4 Å². The number of hydrogen-bond acceptors (Lipinski definition) is 5. The molecule has 0 saturated heterocycles. The van der Waals surface area contributed by atoms with E-state index in [0.717, 1.165) is 17.8 Å². The van der Waals surface area contributed by atoms with Crippen LogP contribution in [-0.4, -0.2) is 33.6 Å². The maximum atomic E-state index is 5.45. The number of nitrogens with two attached hydrogens (primary N) is 1. The molecule has 2 heterocycles. The number of rotatable bonds is 5. The molecular weight excluding hydrogens is 218 g/mol. The fourth-order valence-corrected chi connectivity index (χ4v) is 1.50. The normalized spacial score (nSPS) is 10.5. The summed E-state index contributed by atoms with van der Waals surface area (Å²) >= 11 is 0. The molecule has 2 rings (SSSR count). The van der Waals surface area contributed by atoms with Crippen LogP contribution in [0.5, 0.6) is 5.88 Å². The second-order valence-corrected chi connectivity index (χ2v) is 3.62.